The van der Waals surface area contributed by atoms with Crippen molar-refractivity contribution < 1.29 is 23.0 Å². The van der Waals surface area contributed by atoms with Gasteiger partial charge in [0.05, 0.1) is 7.11 Å². The van der Waals surface area contributed by atoms with Gasteiger partial charge in [-0.1, -0.05) is 22.0 Å². The van der Waals surface area contributed by atoms with Crippen LogP contribution in [-0.2, 0) is 4.79 Å². The van der Waals surface area contributed by atoms with Crippen molar-refractivity contribution in [3.05, 3.63) is 23.8 Å². The summed E-state index contributed by atoms with van der Waals surface area (Å²) >= 11 is 3.12. The lowest BCUT2D eigenvalue weighted by molar-refractivity contribution is -0.116. The van der Waals surface area contributed by atoms with Crippen LogP contribution >= 0.6 is 15.9 Å². The van der Waals surface area contributed by atoms with E-state index in [-0.39, 0.29) is 11.5 Å². The van der Waals surface area contributed by atoms with Crippen molar-refractivity contribution in [3.63, 3.8) is 0 Å². The number of Topliss-reactive ketones (excluding diaryl/α,β-unsaturated/α-hetero) is 1. The third kappa shape index (κ3) is 3.66. The summed E-state index contributed by atoms with van der Waals surface area (Å²) < 4.78 is 33.7. The molecule has 0 aliphatic heterocycles. The van der Waals surface area contributed by atoms with Crippen LogP contribution in [0.5, 0.6) is 11.5 Å². The number of rotatable bonds is 5. The smallest absolute Gasteiger partial charge is 0.387 e. The summed E-state index contributed by atoms with van der Waals surface area (Å²) in [4.78, 5) is 10.5. The molecule has 0 radical (unpaired) electrons. The minimum Gasteiger partial charge on any atom is -0.497 e. The minimum absolute atomic E-state index is 0.0728. The average Bonchev–Trinajstić information content (AvgIpc) is 2.27. The summed E-state index contributed by atoms with van der Waals surface area (Å²) in [6.07, 6.45) is 0. The van der Waals surface area contributed by atoms with Gasteiger partial charge >= 0.3 is 6.61 Å². The van der Waals surface area contributed by atoms with Gasteiger partial charge < -0.3 is 9.47 Å². The molecule has 0 heterocycles. The number of carbonyl (C=O) groups is 1. The molecule has 1 unspecified atom stereocenters. The van der Waals surface area contributed by atoms with E-state index >= 15 is 0 Å². The van der Waals surface area contributed by atoms with E-state index in [0.29, 0.717) is 11.3 Å². The summed E-state index contributed by atoms with van der Waals surface area (Å²) in [5.41, 5.74) is 0.346. The third-order valence-electron chi connectivity index (χ3n) is 2.07. The predicted octanol–water partition coefficient (Wildman–Crippen LogP) is 3.32. The summed E-state index contributed by atoms with van der Waals surface area (Å²) in [6, 6.07) is 4.40. The second kappa shape index (κ2) is 5.95. The molecule has 17 heavy (non-hydrogen) atoms. The Labute approximate surface area is 106 Å². The monoisotopic (exact) mass is 308 g/mol. The minimum atomic E-state index is -2.95. The average molecular weight is 309 g/mol. The normalized spacial score (nSPS) is 12.4. The Kier molecular flexibility index (Phi) is 4.86. The van der Waals surface area contributed by atoms with Crippen molar-refractivity contribution in [2.75, 3.05) is 7.11 Å². The van der Waals surface area contributed by atoms with E-state index in [4.69, 9.17) is 4.74 Å². The highest BCUT2D eigenvalue weighted by atomic mass is 79.9. The number of methoxy groups -OCH3 is 1. The van der Waals surface area contributed by atoms with Gasteiger partial charge in [0.1, 0.15) is 22.1 Å². The molecule has 0 bridgehead atoms. The Balaban J connectivity index is 3.14. The number of ether oxygens (including phenoxy) is 2. The van der Waals surface area contributed by atoms with Gasteiger partial charge in [0.25, 0.3) is 0 Å². The zero-order valence-corrected chi connectivity index (χ0v) is 10.8. The lowest BCUT2D eigenvalue weighted by atomic mass is 10.1. The van der Waals surface area contributed by atoms with Gasteiger partial charge in [0.2, 0.25) is 0 Å². The van der Waals surface area contributed by atoms with Crippen LogP contribution in [0.4, 0.5) is 8.78 Å². The quantitative estimate of drug-likeness (QED) is 0.783. The van der Waals surface area contributed by atoms with E-state index in [1.807, 2.05) is 0 Å². The van der Waals surface area contributed by atoms with E-state index < -0.39 is 11.4 Å². The van der Waals surface area contributed by atoms with Crippen LogP contribution in [0.25, 0.3) is 0 Å². The predicted molar refractivity (Wildman–Crippen MR) is 62.0 cm³/mol. The molecule has 6 heteroatoms. The number of benzene rings is 1. The number of carbonyl (C=O) groups excluding carboxylic acids is 1. The second-order valence-corrected chi connectivity index (χ2v) is 4.17. The van der Waals surface area contributed by atoms with Gasteiger partial charge in [0, 0.05) is 11.6 Å². The van der Waals surface area contributed by atoms with Crippen molar-refractivity contribution >= 4 is 21.7 Å². The van der Waals surface area contributed by atoms with Crippen LogP contribution in [-0.4, -0.2) is 19.5 Å². The fraction of sp³-hybridized carbons (Fsp3) is 0.364. The molecule has 0 N–H and O–H groups in total. The number of ketones is 1. The second-order valence-electron chi connectivity index (χ2n) is 3.26. The molecule has 0 spiro atoms. The Morgan fingerprint density at radius 3 is 2.53 bits per heavy atom. The topological polar surface area (TPSA) is 35.5 Å². The maximum Gasteiger partial charge on any atom is 0.387 e. The van der Waals surface area contributed by atoms with E-state index in [0.717, 1.165) is 0 Å². The number of alkyl halides is 3. The van der Waals surface area contributed by atoms with Gasteiger partial charge in [-0.15, -0.1) is 0 Å². The van der Waals surface area contributed by atoms with E-state index in [9.17, 15) is 13.6 Å². The number of hydrogen-bond donors (Lipinski definition) is 0. The lowest BCUT2D eigenvalue weighted by Crippen LogP contribution is -2.08. The first-order chi connectivity index (χ1) is 7.95. The molecular weight excluding hydrogens is 298 g/mol. The van der Waals surface area contributed by atoms with Crippen molar-refractivity contribution in [3.8, 4) is 11.5 Å². The van der Waals surface area contributed by atoms with Gasteiger partial charge in [-0.2, -0.15) is 8.78 Å². The Bertz CT molecular complexity index is 410. The molecule has 1 aromatic carbocycles. The van der Waals surface area contributed by atoms with Crippen LogP contribution in [0.3, 0.4) is 0 Å². The molecule has 1 aromatic rings. The zero-order valence-electron chi connectivity index (χ0n) is 9.25. The standard InChI is InChI=1S/C11H11BrF2O3/c1-6(15)10(12)8-4-3-7(16-2)5-9(8)17-11(13)14/h3-5,10-11H,1-2H3. The van der Waals surface area contributed by atoms with Gasteiger partial charge in [0.15, 0.2) is 0 Å². The zero-order chi connectivity index (χ0) is 13.0. The molecule has 0 fully saturated rings. The Morgan fingerprint density at radius 1 is 1.41 bits per heavy atom. The van der Waals surface area contributed by atoms with Crippen molar-refractivity contribution in [2.24, 2.45) is 0 Å². The fourth-order valence-corrected chi connectivity index (χ4v) is 1.65. The molecule has 0 saturated heterocycles. The highest BCUT2D eigenvalue weighted by Crippen LogP contribution is 2.35. The SMILES string of the molecule is COc1ccc(C(Br)C(C)=O)c(OC(F)F)c1. The van der Waals surface area contributed by atoms with Gasteiger partial charge in [-0.25, -0.2) is 0 Å². The van der Waals surface area contributed by atoms with Crippen LogP contribution < -0.4 is 9.47 Å². The molecule has 0 amide bonds. The fourth-order valence-electron chi connectivity index (χ4n) is 1.27. The van der Waals surface area contributed by atoms with Gasteiger partial charge in [-0.05, 0) is 13.0 Å². The van der Waals surface area contributed by atoms with Crippen LogP contribution in [0.2, 0.25) is 0 Å². The van der Waals surface area contributed by atoms with Crippen molar-refractivity contribution in [1.82, 2.24) is 0 Å². The van der Waals surface area contributed by atoms with Crippen LogP contribution in [0.15, 0.2) is 18.2 Å². The van der Waals surface area contributed by atoms with E-state index in [1.165, 1.54) is 26.2 Å². The maximum absolute atomic E-state index is 12.2. The van der Waals surface area contributed by atoms with E-state index in [2.05, 4.69) is 20.7 Å². The van der Waals surface area contributed by atoms with Crippen molar-refractivity contribution in [1.29, 1.82) is 0 Å². The third-order valence-corrected chi connectivity index (χ3v) is 3.20. The van der Waals surface area contributed by atoms with Gasteiger partial charge in [-0.3, -0.25) is 4.79 Å². The molecule has 0 saturated carbocycles. The molecule has 0 aliphatic rings. The molecular formula is C11H11BrF2O3. The summed E-state index contributed by atoms with van der Waals surface area (Å²) in [6.45, 7) is -1.59. The summed E-state index contributed by atoms with van der Waals surface area (Å²) in [5.74, 6) is 0.110. The Hall–Kier alpha value is -1.17. The number of halogens is 3. The molecule has 94 valence electrons. The maximum atomic E-state index is 12.2. The highest BCUT2D eigenvalue weighted by molar-refractivity contribution is 9.09. The molecule has 1 atom stereocenters. The first kappa shape index (κ1) is 13.9. The van der Waals surface area contributed by atoms with Crippen LogP contribution in [0, 0.1) is 0 Å². The first-order valence-corrected chi connectivity index (χ1v) is 5.64. The summed E-state index contributed by atoms with van der Waals surface area (Å²) in [5, 5.41) is 0. The molecule has 3 nitrogen and oxygen atoms in total. The molecule has 0 aromatic heterocycles. The first-order valence-electron chi connectivity index (χ1n) is 4.73. The molecule has 0 aliphatic carbocycles. The van der Waals surface area contributed by atoms with Crippen LogP contribution in [0.1, 0.15) is 17.3 Å². The summed E-state index contributed by atoms with van der Waals surface area (Å²) in [7, 11) is 1.41. The Morgan fingerprint density at radius 2 is 2.06 bits per heavy atom. The largest absolute Gasteiger partial charge is 0.497 e. The highest BCUT2D eigenvalue weighted by Gasteiger charge is 2.20. The molecule has 1 rings (SSSR count). The number of hydrogen-bond acceptors (Lipinski definition) is 3. The van der Waals surface area contributed by atoms with E-state index in [1.54, 1.807) is 6.07 Å². The van der Waals surface area contributed by atoms with Crippen molar-refractivity contribution in [2.45, 2.75) is 18.4 Å². The lowest BCUT2D eigenvalue weighted by Gasteiger charge is -2.14.